The van der Waals surface area contributed by atoms with Crippen LogP contribution < -0.4 is 11.5 Å². The number of anilines is 2. The number of benzene rings is 4. The Morgan fingerprint density at radius 2 is 0.765 bits per heavy atom. The van der Waals surface area contributed by atoms with E-state index in [9.17, 15) is 0 Å². The molecule has 0 fully saturated rings. The number of nitrogens with two attached hydrogens (primary N) is 2. The molecule has 0 heterocycles. The Kier molecular flexibility index (Phi) is 17.7. The number of aryl methyl sites for hydroxylation is 4. The van der Waals surface area contributed by atoms with Crippen molar-refractivity contribution in [3.8, 4) is 0 Å². The summed E-state index contributed by atoms with van der Waals surface area (Å²) in [4.78, 5) is 0. The molecule has 0 saturated heterocycles. The van der Waals surface area contributed by atoms with Gasteiger partial charge in [0.1, 0.15) is 0 Å². The predicted octanol–water partition coefficient (Wildman–Crippen LogP) is 14.2. The van der Waals surface area contributed by atoms with Gasteiger partial charge in [-0.25, -0.2) is 0 Å². The molecule has 4 rings (SSSR count). The number of unbranched alkanes of at least 4 members (excludes halogenated alkanes) is 12. The zero-order valence-electron chi connectivity index (χ0n) is 32.8. The second kappa shape index (κ2) is 22.4. The Morgan fingerprint density at radius 1 is 0.412 bits per heavy atom. The smallest absolute Gasteiger partial charge is 0.0316 e. The highest BCUT2D eigenvalue weighted by Gasteiger charge is 2.18. The van der Waals surface area contributed by atoms with Crippen LogP contribution >= 0.6 is 0 Å². The van der Waals surface area contributed by atoms with Crippen LogP contribution in [0.4, 0.5) is 11.4 Å². The van der Waals surface area contributed by atoms with Gasteiger partial charge < -0.3 is 11.5 Å². The fourth-order valence-corrected chi connectivity index (χ4v) is 8.11. The molecular weight excluding hydrogens is 617 g/mol. The number of hydrogen-bond acceptors (Lipinski definition) is 2. The van der Waals surface area contributed by atoms with Gasteiger partial charge in [-0.3, -0.25) is 0 Å². The van der Waals surface area contributed by atoms with Crippen LogP contribution in [0.1, 0.15) is 179 Å². The van der Waals surface area contributed by atoms with Gasteiger partial charge in [-0.15, -0.1) is 0 Å². The molecular formula is C49H70N2. The summed E-state index contributed by atoms with van der Waals surface area (Å²) in [5, 5.41) is 0. The molecule has 0 aliphatic heterocycles. The molecule has 276 valence electrons. The van der Waals surface area contributed by atoms with E-state index in [1.54, 1.807) is 0 Å². The summed E-state index contributed by atoms with van der Waals surface area (Å²) < 4.78 is 0. The van der Waals surface area contributed by atoms with Crippen molar-refractivity contribution in [3.63, 3.8) is 0 Å². The van der Waals surface area contributed by atoms with Crippen LogP contribution in [0.3, 0.4) is 0 Å². The molecule has 2 heteroatoms. The number of rotatable bonds is 24. The Morgan fingerprint density at radius 3 is 1.10 bits per heavy atom. The molecule has 0 aromatic heterocycles. The molecule has 2 atom stereocenters. The van der Waals surface area contributed by atoms with Gasteiger partial charge in [0.15, 0.2) is 0 Å². The lowest BCUT2D eigenvalue weighted by atomic mass is 9.84. The van der Waals surface area contributed by atoms with Gasteiger partial charge in [0, 0.05) is 23.2 Å². The third-order valence-electron chi connectivity index (χ3n) is 11.2. The molecule has 0 radical (unpaired) electrons. The maximum absolute atomic E-state index is 6.07. The van der Waals surface area contributed by atoms with Gasteiger partial charge in [-0.05, 0) is 121 Å². The highest BCUT2D eigenvalue weighted by atomic mass is 14.5. The van der Waals surface area contributed by atoms with E-state index in [0.717, 1.165) is 11.4 Å². The minimum Gasteiger partial charge on any atom is -0.399 e. The maximum atomic E-state index is 6.07. The van der Waals surface area contributed by atoms with Crippen molar-refractivity contribution < 1.29 is 0 Å². The van der Waals surface area contributed by atoms with E-state index in [4.69, 9.17) is 11.5 Å². The van der Waals surface area contributed by atoms with Gasteiger partial charge in [-0.2, -0.15) is 0 Å². The van der Waals surface area contributed by atoms with E-state index < -0.39 is 0 Å². The first-order chi connectivity index (χ1) is 24.9. The Labute approximate surface area is 312 Å². The molecule has 0 aliphatic rings. The van der Waals surface area contributed by atoms with Crippen molar-refractivity contribution in [1.82, 2.24) is 0 Å². The van der Waals surface area contributed by atoms with Crippen molar-refractivity contribution in [1.29, 1.82) is 0 Å². The third kappa shape index (κ3) is 13.5. The average Bonchev–Trinajstić information content (AvgIpc) is 3.12. The molecule has 4 aromatic rings. The average molecular weight is 687 g/mol. The van der Waals surface area contributed by atoms with Gasteiger partial charge in [0.05, 0.1) is 0 Å². The molecule has 0 aliphatic carbocycles. The van der Waals surface area contributed by atoms with E-state index >= 15 is 0 Å². The highest BCUT2D eigenvalue weighted by Crippen LogP contribution is 2.35. The van der Waals surface area contributed by atoms with Crippen LogP contribution in [-0.4, -0.2) is 0 Å². The quantitative estimate of drug-likeness (QED) is 0.0569. The summed E-state index contributed by atoms with van der Waals surface area (Å²) in [5.74, 6) is 0.920. The lowest BCUT2D eigenvalue weighted by molar-refractivity contribution is 0.558. The van der Waals surface area contributed by atoms with Gasteiger partial charge >= 0.3 is 0 Å². The zero-order chi connectivity index (χ0) is 36.3. The summed E-state index contributed by atoms with van der Waals surface area (Å²) in [7, 11) is 0. The molecule has 51 heavy (non-hydrogen) atoms. The summed E-state index contributed by atoms with van der Waals surface area (Å²) in [5.41, 5.74) is 25.2. The SMILES string of the molecule is CCCCCC(c1ccc(CCCCCCCCCCCc2ccc(C(CCCCC)c3ccc(N)cc3C)cc2)cc1)c1ccc(N)cc1C. The minimum absolute atomic E-state index is 0.460. The van der Waals surface area contributed by atoms with Crippen molar-refractivity contribution >= 4 is 11.4 Å². The molecule has 2 nitrogen and oxygen atoms in total. The monoisotopic (exact) mass is 687 g/mol. The van der Waals surface area contributed by atoms with Gasteiger partial charge in [-0.1, -0.05) is 158 Å². The Balaban J connectivity index is 1.09. The normalized spacial score (nSPS) is 12.6. The second-order valence-corrected chi connectivity index (χ2v) is 15.5. The fraction of sp³-hybridized carbons (Fsp3) is 0.510. The number of hydrogen-bond donors (Lipinski definition) is 2. The molecule has 0 saturated carbocycles. The summed E-state index contributed by atoms with van der Waals surface area (Å²) in [6.45, 7) is 9.00. The first kappa shape index (κ1) is 40.3. The molecule has 2 unspecified atom stereocenters. The summed E-state index contributed by atoms with van der Waals surface area (Å²) >= 11 is 0. The summed E-state index contributed by atoms with van der Waals surface area (Å²) in [6, 6.07) is 32.0. The van der Waals surface area contributed by atoms with Crippen LogP contribution in [-0.2, 0) is 12.8 Å². The van der Waals surface area contributed by atoms with Crippen LogP contribution in [0.15, 0.2) is 84.9 Å². The van der Waals surface area contributed by atoms with Crippen LogP contribution in [0, 0.1) is 13.8 Å². The molecule has 0 amide bonds. The fourth-order valence-electron chi connectivity index (χ4n) is 8.11. The lowest BCUT2D eigenvalue weighted by Gasteiger charge is -2.21. The second-order valence-electron chi connectivity index (χ2n) is 15.5. The van der Waals surface area contributed by atoms with Crippen molar-refractivity contribution in [2.24, 2.45) is 0 Å². The van der Waals surface area contributed by atoms with Crippen molar-refractivity contribution in [2.75, 3.05) is 11.5 Å². The number of nitrogen functional groups attached to an aromatic ring is 2. The van der Waals surface area contributed by atoms with E-state index in [1.807, 2.05) is 0 Å². The largest absolute Gasteiger partial charge is 0.399 e. The first-order valence-electron chi connectivity index (χ1n) is 20.8. The first-order valence-corrected chi connectivity index (χ1v) is 20.8. The van der Waals surface area contributed by atoms with Crippen molar-refractivity contribution in [3.05, 3.63) is 129 Å². The molecule has 4 N–H and O–H groups in total. The van der Waals surface area contributed by atoms with E-state index in [2.05, 4.69) is 113 Å². The van der Waals surface area contributed by atoms with Crippen LogP contribution in [0.25, 0.3) is 0 Å². The van der Waals surface area contributed by atoms with Crippen molar-refractivity contribution in [2.45, 2.75) is 162 Å². The third-order valence-corrected chi connectivity index (χ3v) is 11.2. The van der Waals surface area contributed by atoms with Gasteiger partial charge in [0.25, 0.3) is 0 Å². The molecule has 4 aromatic carbocycles. The maximum Gasteiger partial charge on any atom is 0.0316 e. The van der Waals surface area contributed by atoms with E-state index in [1.165, 1.54) is 167 Å². The standard InChI is InChI=1S/C49H70N2/c1-5-7-16-22-48(46-34-32-44(50)36-38(46)3)42-28-24-40(25-29-42)20-18-14-12-10-9-11-13-15-19-21-41-26-30-43(31-27-41)49(23-17-8-6-2)47-35-33-45(51)37-39(47)4/h24-37,48-49H,5-23,50-51H2,1-4H3. The Hall–Kier alpha value is -3.52. The predicted molar refractivity (Wildman–Crippen MR) is 225 cm³/mol. The van der Waals surface area contributed by atoms with E-state index in [0.29, 0.717) is 11.8 Å². The topological polar surface area (TPSA) is 52.0 Å². The van der Waals surface area contributed by atoms with Gasteiger partial charge in [0.2, 0.25) is 0 Å². The molecule has 0 bridgehead atoms. The van der Waals surface area contributed by atoms with Crippen LogP contribution in [0.2, 0.25) is 0 Å². The minimum atomic E-state index is 0.460. The Bertz CT molecular complexity index is 1420. The highest BCUT2D eigenvalue weighted by molar-refractivity contribution is 5.49. The lowest BCUT2D eigenvalue weighted by Crippen LogP contribution is -2.05. The van der Waals surface area contributed by atoms with E-state index in [-0.39, 0.29) is 0 Å². The van der Waals surface area contributed by atoms with Crippen LogP contribution in [0.5, 0.6) is 0 Å². The summed E-state index contributed by atoms with van der Waals surface area (Å²) in [6.07, 6.45) is 24.6. The zero-order valence-corrected chi connectivity index (χ0v) is 32.8. The molecule has 0 spiro atoms.